The maximum atomic E-state index is 6.18. The molecule has 4 heterocycles. The normalized spacial score (nSPS) is 12.9. The molecule has 128 valence electrons. The van der Waals surface area contributed by atoms with Crippen LogP contribution in [0, 0.1) is 0 Å². The van der Waals surface area contributed by atoms with E-state index in [0.29, 0.717) is 10.4 Å². The summed E-state index contributed by atoms with van der Waals surface area (Å²) in [6, 6.07) is 3.96. The van der Waals surface area contributed by atoms with Crippen LogP contribution in [0.3, 0.4) is 0 Å². The Morgan fingerprint density at radius 3 is 3.04 bits per heavy atom. The summed E-state index contributed by atoms with van der Waals surface area (Å²) in [5.74, 6) is 0. The molecule has 0 aliphatic rings. The zero-order valence-corrected chi connectivity index (χ0v) is 17.9. The number of hydrogen-bond donors (Lipinski definition) is 1. The van der Waals surface area contributed by atoms with Gasteiger partial charge in [0.25, 0.3) is 0 Å². The van der Waals surface area contributed by atoms with E-state index in [2.05, 4.69) is 50.4 Å². The molecule has 4 aromatic heterocycles. The first-order valence-corrected chi connectivity index (χ1v) is 12.3. The van der Waals surface area contributed by atoms with Crippen LogP contribution in [0.1, 0.15) is 12.5 Å². The van der Waals surface area contributed by atoms with E-state index >= 15 is 0 Å². The first kappa shape index (κ1) is 17.9. The summed E-state index contributed by atoms with van der Waals surface area (Å²) < 4.78 is 1.15. The van der Waals surface area contributed by atoms with Crippen LogP contribution in [0.2, 0.25) is 5.15 Å². The van der Waals surface area contributed by atoms with Crippen LogP contribution in [0.4, 0.5) is 0 Å². The molecule has 3 nitrogen and oxygen atoms in total. The Balaban J connectivity index is 1.61. The second kappa shape index (κ2) is 7.62. The lowest BCUT2D eigenvalue weighted by molar-refractivity contribution is 0.944. The maximum Gasteiger partial charge on any atom is 0.131 e. The van der Waals surface area contributed by atoms with Gasteiger partial charge in [0, 0.05) is 15.5 Å². The third-order valence-electron chi connectivity index (χ3n) is 3.67. The Morgan fingerprint density at radius 2 is 2.20 bits per heavy atom. The highest BCUT2D eigenvalue weighted by Gasteiger charge is 2.16. The predicted molar refractivity (Wildman–Crippen MR) is 116 cm³/mol. The van der Waals surface area contributed by atoms with Crippen molar-refractivity contribution in [2.45, 2.75) is 28.5 Å². The molecule has 0 radical (unpaired) electrons. The zero-order valence-electron chi connectivity index (χ0n) is 13.0. The molecule has 0 N–H and O–H groups in total. The second-order valence-electron chi connectivity index (χ2n) is 5.42. The van der Waals surface area contributed by atoms with Crippen molar-refractivity contribution in [3.63, 3.8) is 0 Å². The van der Waals surface area contributed by atoms with Gasteiger partial charge in [-0.3, -0.25) is 0 Å². The molecule has 4 aromatic rings. The fraction of sp³-hybridized carbons (Fsp3) is 0.188. The molecule has 0 aliphatic heterocycles. The number of pyridine rings is 1. The van der Waals surface area contributed by atoms with Crippen LogP contribution >= 0.6 is 68.5 Å². The summed E-state index contributed by atoms with van der Waals surface area (Å²) in [6.45, 7) is 2.22. The molecular weight excluding hydrogens is 430 g/mol. The number of thiophene rings is 2. The molecule has 1 unspecified atom stereocenters. The second-order valence-corrected chi connectivity index (χ2v) is 10.2. The number of nitrogens with zero attached hydrogens (tertiary/aromatic N) is 3. The van der Waals surface area contributed by atoms with Crippen LogP contribution in [-0.2, 0) is 6.42 Å². The smallest absolute Gasteiger partial charge is 0.131 e. The Labute approximate surface area is 171 Å². The molecule has 0 amide bonds. The third-order valence-corrected chi connectivity index (χ3v) is 8.10. The molecule has 1 atom stereocenters. The van der Waals surface area contributed by atoms with Gasteiger partial charge in [-0.05, 0) is 34.9 Å². The van der Waals surface area contributed by atoms with Gasteiger partial charge in [-0.2, -0.15) is 0 Å². The van der Waals surface area contributed by atoms with Gasteiger partial charge in [-0.1, -0.05) is 29.3 Å². The van der Waals surface area contributed by atoms with Crippen molar-refractivity contribution in [2.75, 3.05) is 0 Å². The topological polar surface area (TPSA) is 38.7 Å². The summed E-state index contributed by atoms with van der Waals surface area (Å²) in [7, 11) is 1.41. The van der Waals surface area contributed by atoms with Gasteiger partial charge in [0.15, 0.2) is 0 Å². The van der Waals surface area contributed by atoms with Gasteiger partial charge >= 0.3 is 0 Å². The summed E-state index contributed by atoms with van der Waals surface area (Å²) in [5.41, 5.74) is 2.21. The quantitative estimate of drug-likeness (QED) is 0.124. The van der Waals surface area contributed by atoms with Crippen LogP contribution in [0.5, 0.6) is 0 Å². The molecular formula is C16H12ClN3S5. The van der Waals surface area contributed by atoms with Crippen molar-refractivity contribution in [3.05, 3.63) is 39.9 Å². The minimum atomic E-state index is 0.365. The van der Waals surface area contributed by atoms with Gasteiger partial charge in [-0.25, -0.2) is 15.0 Å². The average molecular weight is 442 g/mol. The van der Waals surface area contributed by atoms with Crippen molar-refractivity contribution >= 4 is 88.9 Å². The van der Waals surface area contributed by atoms with Crippen molar-refractivity contribution in [1.82, 2.24) is 15.0 Å². The van der Waals surface area contributed by atoms with Gasteiger partial charge in [-0.15, -0.1) is 46.1 Å². The fourth-order valence-electron chi connectivity index (χ4n) is 2.61. The maximum absolute atomic E-state index is 6.18. The van der Waals surface area contributed by atoms with Crippen LogP contribution in [-0.4, -0.2) is 20.2 Å². The standard InChI is InChI=1S/C16H12ClN3S5/c1-8(24-16-10-2-3-22-15(10)18-7-19-16)4-9-6-23-14-11(25-21)5-12(17)20-13(9)14/h2-3,5-8,21H,4H2,1H3. The highest BCUT2D eigenvalue weighted by molar-refractivity contribution is 8.68. The Morgan fingerprint density at radius 1 is 1.32 bits per heavy atom. The summed E-state index contributed by atoms with van der Waals surface area (Å²) >= 11 is 15.6. The van der Waals surface area contributed by atoms with E-state index < -0.39 is 0 Å². The highest BCUT2D eigenvalue weighted by Crippen LogP contribution is 2.38. The predicted octanol–water partition coefficient (Wildman–Crippen LogP) is 6.61. The van der Waals surface area contributed by atoms with E-state index in [-0.39, 0.29) is 0 Å². The molecule has 9 heteroatoms. The molecule has 0 fully saturated rings. The van der Waals surface area contributed by atoms with Crippen molar-refractivity contribution in [3.8, 4) is 0 Å². The lowest BCUT2D eigenvalue weighted by Crippen LogP contribution is -2.02. The lowest BCUT2D eigenvalue weighted by Gasteiger charge is -2.10. The van der Waals surface area contributed by atoms with E-state index in [1.54, 1.807) is 40.8 Å². The minimum Gasteiger partial charge on any atom is -0.235 e. The van der Waals surface area contributed by atoms with E-state index in [4.69, 9.17) is 11.6 Å². The molecule has 0 aromatic carbocycles. The first-order chi connectivity index (χ1) is 12.2. The fourth-order valence-corrected chi connectivity index (χ4v) is 6.87. The first-order valence-electron chi connectivity index (χ1n) is 7.38. The number of thiol groups is 1. The number of fused-ring (bicyclic) bond motifs is 2. The minimum absolute atomic E-state index is 0.365. The van der Waals surface area contributed by atoms with Crippen molar-refractivity contribution < 1.29 is 0 Å². The van der Waals surface area contributed by atoms with Crippen LogP contribution in [0.15, 0.2) is 39.1 Å². The molecule has 0 saturated carbocycles. The zero-order chi connectivity index (χ0) is 17.4. The van der Waals surface area contributed by atoms with E-state index in [0.717, 1.165) is 36.8 Å². The monoisotopic (exact) mass is 441 g/mol. The molecule has 0 saturated heterocycles. The number of aromatic nitrogens is 3. The van der Waals surface area contributed by atoms with Gasteiger partial charge in [0.1, 0.15) is 21.3 Å². The number of thioether (sulfide) groups is 1. The Bertz CT molecular complexity index is 1040. The molecule has 4 rings (SSSR count). The number of hydrogen-bond acceptors (Lipinski definition) is 8. The number of halogens is 1. The lowest BCUT2D eigenvalue weighted by atomic mass is 10.1. The highest BCUT2D eigenvalue weighted by atomic mass is 35.5. The summed E-state index contributed by atoms with van der Waals surface area (Å²) in [6.07, 6.45) is 2.55. The van der Waals surface area contributed by atoms with Crippen LogP contribution in [0.25, 0.3) is 20.4 Å². The molecule has 0 spiro atoms. The Kier molecular flexibility index (Phi) is 5.45. The third kappa shape index (κ3) is 3.65. The molecule has 0 bridgehead atoms. The average Bonchev–Trinajstić information content (AvgIpc) is 3.22. The Hall–Kier alpha value is -0.510. The largest absolute Gasteiger partial charge is 0.235 e. The van der Waals surface area contributed by atoms with E-state index in [9.17, 15) is 0 Å². The van der Waals surface area contributed by atoms with Crippen molar-refractivity contribution in [1.29, 1.82) is 0 Å². The molecule has 0 aliphatic carbocycles. The summed E-state index contributed by atoms with van der Waals surface area (Å²) in [4.78, 5) is 15.4. The van der Waals surface area contributed by atoms with Gasteiger partial charge in [0.05, 0.1) is 10.2 Å². The van der Waals surface area contributed by atoms with Crippen LogP contribution < -0.4 is 0 Å². The van der Waals surface area contributed by atoms with Gasteiger partial charge < -0.3 is 0 Å². The van der Waals surface area contributed by atoms with E-state index in [1.807, 2.05) is 6.07 Å². The number of rotatable bonds is 5. The van der Waals surface area contributed by atoms with Gasteiger partial charge in [0.2, 0.25) is 0 Å². The molecule has 25 heavy (non-hydrogen) atoms. The summed E-state index contributed by atoms with van der Waals surface area (Å²) in [5, 5.41) is 7.29. The van der Waals surface area contributed by atoms with Crippen molar-refractivity contribution in [2.24, 2.45) is 0 Å². The SMILES string of the molecule is CC(Cc1csc2c(SS)cc(Cl)nc12)Sc1ncnc2sccc12. The van der Waals surface area contributed by atoms with E-state index in [1.165, 1.54) is 16.4 Å².